The Balaban J connectivity index is 1.69. The molecule has 0 aliphatic carbocycles. The van der Waals surface area contributed by atoms with E-state index >= 15 is 0 Å². The van der Waals surface area contributed by atoms with Crippen LogP contribution in [-0.2, 0) is 5.41 Å². The molecular weight excluding hydrogens is 372 g/mol. The van der Waals surface area contributed by atoms with Crippen molar-refractivity contribution < 1.29 is 9.59 Å². The maximum absolute atomic E-state index is 12.9. The van der Waals surface area contributed by atoms with Gasteiger partial charge in [-0.1, -0.05) is 51.1 Å². The summed E-state index contributed by atoms with van der Waals surface area (Å²) in [6.07, 6.45) is 0. The maximum atomic E-state index is 12.9. The normalized spacial score (nSPS) is 11.1. The van der Waals surface area contributed by atoms with Crippen molar-refractivity contribution in [2.75, 3.05) is 16.8 Å². The van der Waals surface area contributed by atoms with Gasteiger partial charge >= 0.3 is 0 Å². The van der Waals surface area contributed by atoms with E-state index in [0.717, 1.165) is 5.69 Å². The van der Waals surface area contributed by atoms with E-state index in [4.69, 9.17) is 0 Å². The van der Waals surface area contributed by atoms with Crippen molar-refractivity contribution >= 4 is 23.2 Å². The number of amides is 2. The Hall–Kier alpha value is -3.40. The number of hydrogen-bond acceptors (Lipinski definition) is 2. The summed E-state index contributed by atoms with van der Waals surface area (Å²) in [5, 5.41) is 2.89. The van der Waals surface area contributed by atoms with E-state index in [1.165, 1.54) is 5.56 Å². The molecule has 1 N–H and O–H groups in total. The Morgan fingerprint density at radius 1 is 0.800 bits per heavy atom. The van der Waals surface area contributed by atoms with Gasteiger partial charge in [-0.15, -0.1) is 0 Å². The molecule has 0 heterocycles. The molecule has 0 radical (unpaired) electrons. The lowest BCUT2D eigenvalue weighted by molar-refractivity contribution is 0.0987. The van der Waals surface area contributed by atoms with Crippen LogP contribution in [0.15, 0.2) is 78.9 Å². The molecule has 0 saturated heterocycles. The molecule has 0 atom stereocenters. The van der Waals surface area contributed by atoms with Gasteiger partial charge in [0.15, 0.2) is 0 Å². The fraction of sp³-hybridized carbons (Fsp3) is 0.231. The number of nitrogens with one attached hydrogen (secondary N) is 1. The third kappa shape index (κ3) is 4.95. The van der Waals surface area contributed by atoms with Crippen molar-refractivity contribution in [2.24, 2.45) is 0 Å². The first kappa shape index (κ1) is 21.3. The minimum absolute atomic E-state index is 0.0451. The third-order valence-electron chi connectivity index (χ3n) is 5.03. The van der Waals surface area contributed by atoms with Crippen molar-refractivity contribution in [1.29, 1.82) is 0 Å². The topological polar surface area (TPSA) is 49.4 Å². The summed E-state index contributed by atoms with van der Waals surface area (Å²) < 4.78 is 0. The highest BCUT2D eigenvalue weighted by atomic mass is 16.2. The summed E-state index contributed by atoms with van der Waals surface area (Å²) in [7, 11) is 0. The Morgan fingerprint density at radius 3 is 1.90 bits per heavy atom. The summed E-state index contributed by atoms with van der Waals surface area (Å²) in [4.78, 5) is 27.2. The van der Waals surface area contributed by atoms with Crippen LogP contribution in [0.4, 0.5) is 11.4 Å². The van der Waals surface area contributed by atoms with Crippen molar-refractivity contribution in [2.45, 2.75) is 33.1 Å². The Morgan fingerprint density at radius 2 is 1.37 bits per heavy atom. The fourth-order valence-corrected chi connectivity index (χ4v) is 3.23. The predicted octanol–water partition coefficient (Wildman–Crippen LogP) is 5.90. The van der Waals surface area contributed by atoms with E-state index in [9.17, 15) is 9.59 Å². The van der Waals surface area contributed by atoms with Gasteiger partial charge in [0.2, 0.25) is 0 Å². The van der Waals surface area contributed by atoms with E-state index in [0.29, 0.717) is 23.4 Å². The highest BCUT2D eigenvalue weighted by Gasteiger charge is 2.17. The number of carbonyl (C=O) groups is 2. The molecule has 0 aliphatic heterocycles. The van der Waals surface area contributed by atoms with Crippen LogP contribution in [0.1, 0.15) is 54.0 Å². The molecule has 0 unspecified atom stereocenters. The van der Waals surface area contributed by atoms with Crippen LogP contribution in [-0.4, -0.2) is 18.4 Å². The summed E-state index contributed by atoms with van der Waals surface area (Å²) in [5.41, 5.74) is 3.92. The molecule has 4 nitrogen and oxygen atoms in total. The van der Waals surface area contributed by atoms with Gasteiger partial charge in [0.1, 0.15) is 0 Å². The minimum Gasteiger partial charge on any atom is -0.322 e. The zero-order valence-electron chi connectivity index (χ0n) is 18.0. The molecule has 2 amide bonds. The summed E-state index contributed by atoms with van der Waals surface area (Å²) in [6, 6.07) is 24.2. The lowest BCUT2D eigenvalue weighted by Gasteiger charge is -2.21. The molecule has 0 bridgehead atoms. The minimum atomic E-state index is -0.172. The molecule has 3 aromatic carbocycles. The largest absolute Gasteiger partial charge is 0.322 e. The monoisotopic (exact) mass is 400 g/mol. The van der Waals surface area contributed by atoms with Gasteiger partial charge in [0.25, 0.3) is 11.8 Å². The van der Waals surface area contributed by atoms with Crippen LogP contribution in [0.3, 0.4) is 0 Å². The standard InChI is InChI=1S/C26H28N2O2/c1-5-28(23-9-7-6-8-10-23)25(30)20-13-17-22(18-14-20)27-24(29)19-11-15-21(16-12-19)26(2,3)4/h6-18H,5H2,1-4H3,(H,27,29). The molecule has 4 heteroatoms. The highest BCUT2D eigenvalue weighted by molar-refractivity contribution is 6.07. The summed E-state index contributed by atoms with van der Waals surface area (Å²) in [6.45, 7) is 8.95. The number of nitrogens with zero attached hydrogens (tertiary/aromatic N) is 1. The fourth-order valence-electron chi connectivity index (χ4n) is 3.23. The molecule has 3 rings (SSSR count). The van der Waals surface area contributed by atoms with Gasteiger partial charge in [-0.3, -0.25) is 9.59 Å². The van der Waals surface area contributed by atoms with Gasteiger partial charge in [-0.25, -0.2) is 0 Å². The van der Waals surface area contributed by atoms with Crippen LogP contribution in [0.5, 0.6) is 0 Å². The molecule has 0 aliphatic rings. The van der Waals surface area contributed by atoms with E-state index in [2.05, 4.69) is 26.1 Å². The molecule has 0 spiro atoms. The quantitative estimate of drug-likeness (QED) is 0.579. The van der Waals surface area contributed by atoms with Gasteiger partial charge in [0.05, 0.1) is 0 Å². The lowest BCUT2D eigenvalue weighted by Crippen LogP contribution is -2.30. The Labute approximate surface area is 178 Å². The molecule has 0 aromatic heterocycles. The van der Waals surface area contributed by atoms with E-state index in [-0.39, 0.29) is 17.2 Å². The van der Waals surface area contributed by atoms with Crippen LogP contribution in [0.2, 0.25) is 0 Å². The van der Waals surface area contributed by atoms with Gasteiger partial charge in [-0.05, 0) is 66.4 Å². The summed E-state index contributed by atoms with van der Waals surface area (Å²) >= 11 is 0. The van der Waals surface area contributed by atoms with Gasteiger partial charge < -0.3 is 10.2 Å². The average molecular weight is 401 g/mol. The number of hydrogen-bond donors (Lipinski definition) is 1. The van der Waals surface area contributed by atoms with Crippen molar-refractivity contribution in [3.8, 4) is 0 Å². The second-order valence-corrected chi connectivity index (χ2v) is 8.24. The summed E-state index contributed by atoms with van der Waals surface area (Å²) in [5.74, 6) is -0.242. The zero-order chi connectivity index (χ0) is 21.7. The molecule has 30 heavy (non-hydrogen) atoms. The number of benzene rings is 3. The third-order valence-corrected chi connectivity index (χ3v) is 5.03. The van der Waals surface area contributed by atoms with Gasteiger partial charge in [-0.2, -0.15) is 0 Å². The lowest BCUT2D eigenvalue weighted by atomic mass is 9.87. The number of anilines is 2. The maximum Gasteiger partial charge on any atom is 0.258 e. The van der Waals surface area contributed by atoms with Crippen molar-refractivity contribution in [3.63, 3.8) is 0 Å². The first-order chi connectivity index (χ1) is 14.3. The number of para-hydroxylation sites is 1. The average Bonchev–Trinajstić information content (AvgIpc) is 2.75. The number of rotatable bonds is 5. The number of carbonyl (C=O) groups excluding carboxylic acids is 2. The Bertz CT molecular complexity index is 1000. The van der Waals surface area contributed by atoms with E-state index < -0.39 is 0 Å². The van der Waals surface area contributed by atoms with E-state index in [1.807, 2.05) is 61.5 Å². The smallest absolute Gasteiger partial charge is 0.258 e. The van der Waals surface area contributed by atoms with Crippen molar-refractivity contribution in [3.05, 3.63) is 95.6 Å². The second-order valence-electron chi connectivity index (χ2n) is 8.24. The SMILES string of the molecule is CCN(C(=O)c1ccc(NC(=O)c2ccc(C(C)(C)C)cc2)cc1)c1ccccc1. The highest BCUT2D eigenvalue weighted by Crippen LogP contribution is 2.23. The molecule has 0 saturated carbocycles. The van der Waals surface area contributed by atoms with Crippen LogP contribution in [0, 0.1) is 0 Å². The first-order valence-corrected chi connectivity index (χ1v) is 10.2. The van der Waals surface area contributed by atoms with Gasteiger partial charge in [0, 0.05) is 29.0 Å². The molecular formula is C26H28N2O2. The van der Waals surface area contributed by atoms with E-state index in [1.54, 1.807) is 29.2 Å². The van der Waals surface area contributed by atoms with Crippen LogP contribution in [0.25, 0.3) is 0 Å². The second kappa shape index (κ2) is 8.95. The predicted molar refractivity (Wildman–Crippen MR) is 123 cm³/mol. The van der Waals surface area contributed by atoms with Crippen LogP contribution < -0.4 is 10.2 Å². The Kier molecular flexibility index (Phi) is 6.36. The zero-order valence-corrected chi connectivity index (χ0v) is 18.0. The first-order valence-electron chi connectivity index (χ1n) is 10.2. The van der Waals surface area contributed by atoms with Crippen molar-refractivity contribution in [1.82, 2.24) is 0 Å². The molecule has 0 fully saturated rings. The molecule has 3 aromatic rings. The molecule has 154 valence electrons. The van der Waals surface area contributed by atoms with Crippen LogP contribution >= 0.6 is 0 Å².